The molecule has 1 aliphatic heterocycles. The van der Waals surface area contributed by atoms with Crippen molar-refractivity contribution in [2.24, 2.45) is 0 Å². The van der Waals surface area contributed by atoms with Crippen LogP contribution in [0.1, 0.15) is 10.4 Å². The lowest BCUT2D eigenvalue weighted by molar-refractivity contribution is 0.104. The Bertz CT molecular complexity index is 1300. The molecule has 1 heterocycles. The first-order valence-electron chi connectivity index (χ1n) is 9.24. The maximum atomic E-state index is 13.3. The number of ether oxygens (including phenoxy) is 2. The number of carbonyl (C=O) groups excluding carboxylic acids is 1. The third kappa shape index (κ3) is 3.66. The summed E-state index contributed by atoms with van der Waals surface area (Å²) in [7, 11) is -1.12. The summed E-state index contributed by atoms with van der Waals surface area (Å²) in [5.74, 6) is 0.124. The van der Waals surface area contributed by atoms with Gasteiger partial charge in [0.05, 0.1) is 24.8 Å². The lowest BCUT2D eigenvalue weighted by atomic mass is 10.1. The fourth-order valence-corrected chi connectivity index (χ4v) is 5.04. The number of fused-ring (bicyclic) bond motifs is 1. The largest absolute Gasteiger partial charge is 0.493 e. The summed E-state index contributed by atoms with van der Waals surface area (Å²) in [6.07, 6.45) is 1.35. The predicted octanol–water partition coefficient (Wildman–Crippen LogP) is 5.01. The SMILES string of the molecule is COc1ccc(C(=O)C2=CN(c3ccc(Cl)cc3)c3ccccc3S2(=O)=O)cc1OC. The Morgan fingerprint density at radius 1 is 0.903 bits per heavy atom. The zero-order chi connectivity index (χ0) is 22.2. The van der Waals surface area contributed by atoms with E-state index in [1.165, 1.54) is 38.6 Å². The van der Waals surface area contributed by atoms with Crippen molar-refractivity contribution in [2.45, 2.75) is 4.90 Å². The van der Waals surface area contributed by atoms with Crippen LogP contribution in [0.4, 0.5) is 11.4 Å². The molecule has 0 unspecified atom stereocenters. The number of hydrogen-bond donors (Lipinski definition) is 0. The van der Waals surface area contributed by atoms with Crippen molar-refractivity contribution in [3.05, 3.63) is 88.4 Å². The van der Waals surface area contributed by atoms with E-state index in [1.54, 1.807) is 53.4 Å². The molecule has 0 bridgehead atoms. The zero-order valence-electron chi connectivity index (χ0n) is 16.7. The predicted molar refractivity (Wildman–Crippen MR) is 119 cm³/mol. The summed E-state index contributed by atoms with van der Waals surface area (Å²) in [6, 6.07) is 18.0. The van der Waals surface area contributed by atoms with E-state index in [4.69, 9.17) is 21.1 Å². The molecule has 0 fully saturated rings. The van der Waals surface area contributed by atoms with Crippen molar-refractivity contribution in [3.8, 4) is 11.5 Å². The van der Waals surface area contributed by atoms with Gasteiger partial charge in [-0.2, -0.15) is 0 Å². The van der Waals surface area contributed by atoms with Crippen molar-refractivity contribution < 1.29 is 22.7 Å². The number of methoxy groups -OCH3 is 2. The molecule has 0 aliphatic carbocycles. The average Bonchev–Trinajstić information content (AvgIpc) is 2.79. The van der Waals surface area contributed by atoms with Crippen LogP contribution in [-0.2, 0) is 9.84 Å². The van der Waals surface area contributed by atoms with E-state index in [9.17, 15) is 13.2 Å². The second-order valence-corrected chi connectivity index (χ2v) is 9.03. The summed E-state index contributed by atoms with van der Waals surface area (Å²) in [5, 5.41) is 0.548. The number of sulfone groups is 1. The first kappa shape index (κ1) is 21.0. The van der Waals surface area contributed by atoms with Crippen LogP contribution in [0.2, 0.25) is 5.02 Å². The van der Waals surface area contributed by atoms with Gasteiger partial charge in [-0.05, 0) is 54.6 Å². The topological polar surface area (TPSA) is 72.9 Å². The number of halogens is 1. The molecule has 0 amide bonds. The minimum atomic E-state index is -4.04. The van der Waals surface area contributed by atoms with Crippen molar-refractivity contribution in [1.29, 1.82) is 0 Å². The molecule has 0 radical (unpaired) electrons. The average molecular weight is 456 g/mol. The maximum Gasteiger partial charge on any atom is 0.214 e. The third-order valence-electron chi connectivity index (χ3n) is 4.92. The first-order valence-corrected chi connectivity index (χ1v) is 11.1. The lowest BCUT2D eigenvalue weighted by Crippen LogP contribution is -2.25. The molecular weight excluding hydrogens is 438 g/mol. The fraction of sp³-hybridized carbons (Fsp3) is 0.0870. The molecule has 0 N–H and O–H groups in total. The van der Waals surface area contributed by atoms with Gasteiger partial charge in [0.2, 0.25) is 15.6 Å². The normalized spacial score (nSPS) is 14.4. The summed E-state index contributed by atoms with van der Waals surface area (Å²) in [5.41, 5.74) is 1.29. The van der Waals surface area contributed by atoms with Crippen molar-refractivity contribution in [2.75, 3.05) is 19.1 Å². The van der Waals surface area contributed by atoms with E-state index < -0.39 is 15.6 Å². The highest BCUT2D eigenvalue weighted by molar-refractivity contribution is 7.96. The van der Waals surface area contributed by atoms with E-state index in [2.05, 4.69) is 0 Å². The molecule has 0 saturated carbocycles. The summed E-state index contributed by atoms with van der Waals surface area (Å²) >= 11 is 6.00. The van der Waals surface area contributed by atoms with Crippen LogP contribution >= 0.6 is 11.6 Å². The minimum Gasteiger partial charge on any atom is -0.493 e. The third-order valence-corrected chi connectivity index (χ3v) is 6.97. The van der Waals surface area contributed by atoms with Crippen LogP contribution < -0.4 is 14.4 Å². The Morgan fingerprint density at radius 2 is 1.58 bits per heavy atom. The Morgan fingerprint density at radius 3 is 2.26 bits per heavy atom. The van der Waals surface area contributed by atoms with Crippen LogP contribution in [0.3, 0.4) is 0 Å². The van der Waals surface area contributed by atoms with Crippen molar-refractivity contribution in [1.82, 2.24) is 0 Å². The van der Waals surface area contributed by atoms with Crippen LogP contribution in [0, 0.1) is 0 Å². The highest BCUT2D eigenvalue weighted by atomic mass is 35.5. The van der Waals surface area contributed by atoms with Gasteiger partial charge >= 0.3 is 0 Å². The summed E-state index contributed by atoms with van der Waals surface area (Å²) < 4.78 is 37.1. The van der Waals surface area contributed by atoms with Gasteiger partial charge in [0.25, 0.3) is 0 Å². The van der Waals surface area contributed by atoms with E-state index in [1.807, 2.05) is 0 Å². The number of hydrogen-bond acceptors (Lipinski definition) is 6. The zero-order valence-corrected chi connectivity index (χ0v) is 18.3. The van der Waals surface area contributed by atoms with Gasteiger partial charge in [-0.15, -0.1) is 0 Å². The second-order valence-electron chi connectivity index (χ2n) is 6.71. The van der Waals surface area contributed by atoms with Crippen molar-refractivity contribution in [3.63, 3.8) is 0 Å². The molecule has 31 heavy (non-hydrogen) atoms. The number of allylic oxidation sites excluding steroid dienone is 1. The van der Waals surface area contributed by atoms with Gasteiger partial charge in [0.15, 0.2) is 11.5 Å². The molecule has 1 aliphatic rings. The second kappa shape index (κ2) is 8.09. The van der Waals surface area contributed by atoms with Gasteiger partial charge in [0, 0.05) is 22.5 Å². The lowest BCUT2D eigenvalue weighted by Gasteiger charge is -2.29. The van der Waals surface area contributed by atoms with E-state index in [-0.39, 0.29) is 15.4 Å². The van der Waals surface area contributed by atoms with Crippen LogP contribution in [0.15, 0.2) is 82.7 Å². The Labute approximate surface area is 185 Å². The van der Waals surface area contributed by atoms with Crippen LogP contribution in [-0.4, -0.2) is 28.4 Å². The molecule has 6 nitrogen and oxygen atoms in total. The van der Waals surface area contributed by atoms with Gasteiger partial charge < -0.3 is 14.4 Å². The van der Waals surface area contributed by atoms with Gasteiger partial charge in [-0.3, -0.25) is 4.79 Å². The highest BCUT2D eigenvalue weighted by Crippen LogP contribution is 2.41. The smallest absolute Gasteiger partial charge is 0.214 e. The van der Waals surface area contributed by atoms with E-state index in [0.717, 1.165) is 0 Å². The highest BCUT2D eigenvalue weighted by Gasteiger charge is 2.36. The Balaban J connectivity index is 1.88. The molecule has 8 heteroatoms. The number of carbonyl (C=O) groups is 1. The number of Topliss-reactive ketones (excluding diaryl/α,β-unsaturated/α-hetero) is 1. The summed E-state index contributed by atoms with van der Waals surface area (Å²) in [6.45, 7) is 0. The Hall–Kier alpha value is -3.29. The first-order chi connectivity index (χ1) is 14.9. The number of benzene rings is 3. The molecule has 0 atom stereocenters. The maximum absolute atomic E-state index is 13.3. The molecule has 0 spiro atoms. The minimum absolute atomic E-state index is 0.0521. The fourth-order valence-electron chi connectivity index (χ4n) is 3.37. The number of anilines is 2. The molecule has 0 aromatic heterocycles. The molecule has 3 aromatic rings. The van der Waals surface area contributed by atoms with Crippen molar-refractivity contribution >= 4 is 38.6 Å². The van der Waals surface area contributed by atoms with Gasteiger partial charge in [-0.25, -0.2) is 8.42 Å². The number of ketones is 1. The quantitative estimate of drug-likeness (QED) is 0.504. The number of nitrogens with zero attached hydrogens (tertiary/aromatic N) is 1. The molecule has 3 aromatic carbocycles. The van der Waals surface area contributed by atoms with Gasteiger partial charge in [-0.1, -0.05) is 23.7 Å². The molecule has 4 rings (SSSR count). The standard InChI is InChI=1S/C23H18ClNO5S/c1-29-19-12-7-15(13-20(19)30-2)23(26)22-14-25(17-10-8-16(24)9-11-17)18-5-3-4-6-21(18)31(22,27)28/h3-14H,1-2H3. The van der Waals surface area contributed by atoms with E-state index >= 15 is 0 Å². The van der Waals surface area contributed by atoms with Crippen LogP contribution in [0.5, 0.6) is 11.5 Å². The molecular formula is C23H18ClNO5S. The molecule has 158 valence electrons. The molecule has 0 saturated heterocycles. The number of rotatable bonds is 5. The number of para-hydroxylation sites is 1. The van der Waals surface area contributed by atoms with Gasteiger partial charge in [0.1, 0.15) is 4.91 Å². The summed E-state index contributed by atoms with van der Waals surface area (Å²) in [4.78, 5) is 14.7. The Kier molecular flexibility index (Phi) is 5.47. The monoisotopic (exact) mass is 455 g/mol. The van der Waals surface area contributed by atoms with E-state index in [0.29, 0.717) is 27.9 Å². The van der Waals surface area contributed by atoms with Crippen LogP contribution in [0.25, 0.3) is 0 Å².